The van der Waals surface area contributed by atoms with Gasteiger partial charge in [-0.1, -0.05) is 25.1 Å². The zero-order chi connectivity index (χ0) is 14.0. The molecule has 0 aromatic heterocycles. The van der Waals surface area contributed by atoms with Crippen molar-refractivity contribution < 1.29 is 5.21 Å². The molecule has 0 fully saturated rings. The number of hydrogen-bond acceptors (Lipinski definition) is 3. The molecule has 3 nitrogen and oxygen atoms in total. The molecule has 1 aromatic carbocycles. The number of rotatable bonds is 3. The molecule has 19 heavy (non-hydrogen) atoms. The van der Waals surface area contributed by atoms with E-state index in [0.717, 1.165) is 24.9 Å². The van der Waals surface area contributed by atoms with Gasteiger partial charge in [0.25, 0.3) is 0 Å². The van der Waals surface area contributed by atoms with Crippen molar-refractivity contribution in [3.63, 3.8) is 0 Å². The van der Waals surface area contributed by atoms with Crippen molar-refractivity contribution in [3.05, 3.63) is 29.3 Å². The summed E-state index contributed by atoms with van der Waals surface area (Å²) in [4.78, 5) is 2.52. The van der Waals surface area contributed by atoms with Gasteiger partial charge < -0.3 is 10.1 Å². The van der Waals surface area contributed by atoms with Crippen molar-refractivity contribution in [2.75, 3.05) is 11.4 Å². The Morgan fingerprint density at radius 1 is 1.47 bits per heavy atom. The first kappa shape index (κ1) is 13.9. The van der Waals surface area contributed by atoms with E-state index in [1.165, 1.54) is 17.5 Å². The van der Waals surface area contributed by atoms with Crippen LogP contribution in [0.15, 0.2) is 23.4 Å². The molecule has 0 saturated carbocycles. The second-order valence-corrected chi connectivity index (χ2v) is 6.13. The van der Waals surface area contributed by atoms with Gasteiger partial charge in [0.1, 0.15) is 0 Å². The molecule has 3 heteroatoms. The minimum absolute atomic E-state index is 0.203. The first-order valence-electron chi connectivity index (χ1n) is 7.08. The Balaban J connectivity index is 2.48. The fraction of sp³-hybridized carbons (Fsp3) is 0.562. The van der Waals surface area contributed by atoms with E-state index in [4.69, 9.17) is 5.21 Å². The first-order chi connectivity index (χ1) is 8.99. The number of oxime groups is 1. The van der Waals surface area contributed by atoms with E-state index in [1.807, 2.05) is 6.07 Å². The Labute approximate surface area is 115 Å². The molecule has 1 aliphatic heterocycles. The van der Waals surface area contributed by atoms with Gasteiger partial charge in [-0.05, 0) is 55.9 Å². The smallest absolute Gasteiger partial charge is 0.0733 e. The summed E-state index contributed by atoms with van der Waals surface area (Å²) in [7, 11) is 0. The van der Waals surface area contributed by atoms with E-state index in [0.29, 0.717) is 5.92 Å². The van der Waals surface area contributed by atoms with Crippen LogP contribution < -0.4 is 4.90 Å². The normalized spacial score (nSPS) is 21.7. The van der Waals surface area contributed by atoms with Gasteiger partial charge in [-0.2, -0.15) is 0 Å². The van der Waals surface area contributed by atoms with Crippen molar-refractivity contribution in [2.45, 2.75) is 52.0 Å². The highest BCUT2D eigenvalue weighted by Crippen LogP contribution is 2.43. The van der Waals surface area contributed by atoms with Crippen LogP contribution in [-0.4, -0.2) is 23.5 Å². The molecule has 1 unspecified atom stereocenters. The minimum Gasteiger partial charge on any atom is -0.411 e. The SMILES string of the molecule is CCCN1c2ccc(C=NO)cc2C(C)CC1(C)C. The van der Waals surface area contributed by atoms with Crippen molar-refractivity contribution in [3.8, 4) is 0 Å². The van der Waals surface area contributed by atoms with E-state index in [9.17, 15) is 0 Å². The van der Waals surface area contributed by atoms with Crippen molar-refractivity contribution in [2.24, 2.45) is 5.16 Å². The lowest BCUT2D eigenvalue weighted by Crippen LogP contribution is -2.48. The molecular formula is C16H24N2O. The highest BCUT2D eigenvalue weighted by molar-refractivity contribution is 5.81. The second kappa shape index (κ2) is 5.24. The average Bonchev–Trinajstić information content (AvgIpc) is 2.34. The van der Waals surface area contributed by atoms with Gasteiger partial charge in [0, 0.05) is 17.8 Å². The monoisotopic (exact) mass is 260 g/mol. The molecule has 0 amide bonds. The Bertz CT molecular complexity index is 480. The topological polar surface area (TPSA) is 35.8 Å². The van der Waals surface area contributed by atoms with Crippen molar-refractivity contribution in [1.29, 1.82) is 0 Å². The van der Waals surface area contributed by atoms with Crippen LogP contribution in [0.1, 0.15) is 57.6 Å². The molecule has 1 N–H and O–H groups in total. The van der Waals surface area contributed by atoms with Crippen LogP contribution in [0.4, 0.5) is 5.69 Å². The Morgan fingerprint density at radius 2 is 2.21 bits per heavy atom. The van der Waals surface area contributed by atoms with Crippen LogP contribution in [-0.2, 0) is 0 Å². The van der Waals surface area contributed by atoms with Crippen LogP contribution in [0, 0.1) is 0 Å². The van der Waals surface area contributed by atoms with Gasteiger partial charge in [0.05, 0.1) is 6.21 Å². The summed E-state index contributed by atoms with van der Waals surface area (Å²) in [6.07, 6.45) is 3.80. The molecule has 0 saturated heterocycles. The second-order valence-electron chi connectivity index (χ2n) is 6.13. The predicted molar refractivity (Wildman–Crippen MR) is 80.6 cm³/mol. The molecule has 1 atom stereocenters. The van der Waals surface area contributed by atoms with E-state index < -0.39 is 0 Å². The third-order valence-corrected chi connectivity index (χ3v) is 4.06. The molecule has 0 radical (unpaired) electrons. The zero-order valence-corrected chi connectivity index (χ0v) is 12.3. The molecule has 0 aliphatic carbocycles. The quantitative estimate of drug-likeness (QED) is 0.506. The lowest BCUT2D eigenvalue weighted by molar-refractivity contribution is 0.322. The molecule has 1 aromatic rings. The molecule has 0 spiro atoms. The van der Waals surface area contributed by atoms with Crippen LogP contribution in [0.25, 0.3) is 0 Å². The van der Waals surface area contributed by atoms with Crippen LogP contribution in [0.3, 0.4) is 0 Å². The van der Waals surface area contributed by atoms with E-state index in [-0.39, 0.29) is 5.54 Å². The molecule has 1 heterocycles. The summed E-state index contributed by atoms with van der Waals surface area (Å²) < 4.78 is 0. The van der Waals surface area contributed by atoms with Gasteiger partial charge in [0.2, 0.25) is 0 Å². The molecular weight excluding hydrogens is 236 g/mol. The average molecular weight is 260 g/mol. The fourth-order valence-corrected chi connectivity index (χ4v) is 3.30. The van der Waals surface area contributed by atoms with Gasteiger partial charge >= 0.3 is 0 Å². The predicted octanol–water partition coefficient (Wildman–Crippen LogP) is 4.00. The molecule has 2 rings (SSSR count). The maximum atomic E-state index is 8.67. The summed E-state index contributed by atoms with van der Waals surface area (Å²) in [6, 6.07) is 6.34. The molecule has 0 bridgehead atoms. The summed E-state index contributed by atoms with van der Waals surface area (Å²) in [5, 5.41) is 11.8. The fourth-order valence-electron chi connectivity index (χ4n) is 3.30. The van der Waals surface area contributed by atoms with Crippen LogP contribution in [0.2, 0.25) is 0 Å². The minimum atomic E-state index is 0.203. The largest absolute Gasteiger partial charge is 0.411 e. The molecule has 104 valence electrons. The van der Waals surface area contributed by atoms with E-state index in [1.54, 1.807) is 0 Å². The maximum absolute atomic E-state index is 8.67. The van der Waals surface area contributed by atoms with Crippen LogP contribution in [0.5, 0.6) is 0 Å². The van der Waals surface area contributed by atoms with Gasteiger partial charge in [-0.15, -0.1) is 0 Å². The Morgan fingerprint density at radius 3 is 2.84 bits per heavy atom. The van der Waals surface area contributed by atoms with Gasteiger partial charge in [0.15, 0.2) is 0 Å². The number of benzene rings is 1. The molecule has 1 aliphatic rings. The number of fused-ring (bicyclic) bond motifs is 1. The summed E-state index contributed by atoms with van der Waals surface area (Å²) >= 11 is 0. The van der Waals surface area contributed by atoms with E-state index in [2.05, 4.69) is 49.9 Å². The lowest BCUT2D eigenvalue weighted by atomic mass is 9.79. The van der Waals surface area contributed by atoms with E-state index >= 15 is 0 Å². The highest BCUT2D eigenvalue weighted by atomic mass is 16.4. The number of nitrogens with zero attached hydrogens (tertiary/aromatic N) is 2. The van der Waals surface area contributed by atoms with Crippen LogP contribution >= 0.6 is 0 Å². The van der Waals surface area contributed by atoms with Gasteiger partial charge in [-0.3, -0.25) is 0 Å². The van der Waals surface area contributed by atoms with Gasteiger partial charge in [-0.25, -0.2) is 0 Å². The standard InChI is InChI=1S/C16H24N2O/c1-5-8-18-15-7-6-13(11-17-19)9-14(15)12(2)10-16(18,3)4/h6-7,9,11-12,19H,5,8,10H2,1-4H3. The maximum Gasteiger partial charge on any atom is 0.0733 e. The lowest BCUT2D eigenvalue weighted by Gasteiger charge is -2.47. The third-order valence-electron chi connectivity index (χ3n) is 4.06. The summed E-state index contributed by atoms with van der Waals surface area (Å²) in [5.74, 6) is 0.533. The Hall–Kier alpha value is -1.51. The van der Waals surface area contributed by atoms with Crippen molar-refractivity contribution in [1.82, 2.24) is 0 Å². The first-order valence-corrected chi connectivity index (χ1v) is 7.08. The van der Waals surface area contributed by atoms with Crippen molar-refractivity contribution >= 4 is 11.9 Å². The summed E-state index contributed by atoms with van der Waals surface area (Å²) in [5.41, 5.74) is 3.87. The summed E-state index contributed by atoms with van der Waals surface area (Å²) in [6.45, 7) is 10.2. The number of anilines is 1. The Kier molecular flexibility index (Phi) is 3.83. The third kappa shape index (κ3) is 2.60. The number of hydrogen-bond donors (Lipinski definition) is 1. The zero-order valence-electron chi connectivity index (χ0n) is 12.3. The highest BCUT2D eigenvalue weighted by Gasteiger charge is 2.35.